The second-order valence-corrected chi connectivity index (χ2v) is 5.60. The Kier molecular flexibility index (Phi) is 3.92. The molecule has 0 aliphatic carbocycles. The van der Waals surface area contributed by atoms with Crippen LogP contribution in [0, 0.1) is 5.92 Å². The van der Waals surface area contributed by atoms with E-state index >= 15 is 0 Å². The van der Waals surface area contributed by atoms with E-state index in [9.17, 15) is 4.79 Å². The Morgan fingerprint density at radius 1 is 1.35 bits per heavy atom. The van der Waals surface area contributed by atoms with Gasteiger partial charge in [0.25, 0.3) is 0 Å². The molecule has 6 nitrogen and oxygen atoms in total. The van der Waals surface area contributed by atoms with Crippen molar-refractivity contribution in [2.45, 2.75) is 39.7 Å². The molecule has 1 atom stereocenters. The number of carbonyl (C=O) groups excluding carboxylic acids is 1. The van der Waals surface area contributed by atoms with Crippen LogP contribution >= 0.6 is 0 Å². The summed E-state index contributed by atoms with van der Waals surface area (Å²) in [6.07, 6.45) is 3.45. The van der Waals surface area contributed by atoms with Crippen LogP contribution in [0.25, 0.3) is 5.52 Å². The number of nitrogens with zero attached hydrogens (tertiary/aromatic N) is 3. The third-order valence-electron chi connectivity index (χ3n) is 3.27. The lowest BCUT2D eigenvalue weighted by Gasteiger charge is -2.19. The zero-order valence-corrected chi connectivity index (χ0v) is 12.3. The number of nitrogens with one attached hydrogen (secondary N) is 1. The number of carbonyl (C=O) groups is 1. The summed E-state index contributed by atoms with van der Waals surface area (Å²) in [4.78, 5) is 15.8. The average Bonchev–Trinajstić information content (AvgIpc) is 2.79. The lowest BCUT2D eigenvalue weighted by molar-refractivity contribution is -0.119. The lowest BCUT2D eigenvalue weighted by atomic mass is 10.0. The van der Waals surface area contributed by atoms with Crippen molar-refractivity contribution >= 4 is 17.2 Å². The van der Waals surface area contributed by atoms with Gasteiger partial charge in [-0.1, -0.05) is 27.7 Å². The molecule has 0 saturated heterocycles. The molecule has 2 heterocycles. The van der Waals surface area contributed by atoms with E-state index in [2.05, 4.69) is 29.2 Å². The van der Waals surface area contributed by atoms with Gasteiger partial charge in [0.15, 0.2) is 5.82 Å². The first-order valence-electron chi connectivity index (χ1n) is 6.80. The van der Waals surface area contributed by atoms with Gasteiger partial charge in [0.2, 0.25) is 5.91 Å². The van der Waals surface area contributed by atoms with E-state index in [1.165, 1.54) is 0 Å². The maximum Gasteiger partial charge on any atom is 0.240 e. The second-order valence-electron chi connectivity index (χ2n) is 5.60. The summed E-state index contributed by atoms with van der Waals surface area (Å²) in [5.41, 5.74) is 7.27. The molecule has 3 N–H and O–H groups in total. The van der Waals surface area contributed by atoms with Crippen LogP contribution in [0.15, 0.2) is 18.5 Å². The number of nitrogens with two attached hydrogens (primary N) is 1. The van der Waals surface area contributed by atoms with Gasteiger partial charge in [0.1, 0.15) is 11.6 Å². The molecule has 0 fully saturated rings. The van der Waals surface area contributed by atoms with Crippen molar-refractivity contribution in [3.63, 3.8) is 0 Å². The van der Waals surface area contributed by atoms with E-state index in [4.69, 9.17) is 5.73 Å². The first-order chi connectivity index (χ1) is 9.40. The number of rotatable bonds is 5. The van der Waals surface area contributed by atoms with Gasteiger partial charge in [-0.2, -0.15) is 5.10 Å². The molecule has 1 amide bonds. The summed E-state index contributed by atoms with van der Waals surface area (Å²) >= 11 is 0. The van der Waals surface area contributed by atoms with Crippen molar-refractivity contribution in [1.29, 1.82) is 0 Å². The fourth-order valence-electron chi connectivity index (χ4n) is 2.05. The summed E-state index contributed by atoms with van der Waals surface area (Å²) in [5, 5.41) is 7.62. The van der Waals surface area contributed by atoms with Gasteiger partial charge in [-0.05, 0) is 17.9 Å². The summed E-state index contributed by atoms with van der Waals surface area (Å²) < 4.78 is 1.77. The van der Waals surface area contributed by atoms with Gasteiger partial charge in [-0.15, -0.1) is 0 Å². The topological polar surface area (TPSA) is 85.3 Å². The maximum absolute atomic E-state index is 11.5. The fourth-order valence-corrected chi connectivity index (χ4v) is 2.05. The maximum atomic E-state index is 11.5. The number of hydrogen-bond donors (Lipinski definition) is 2. The van der Waals surface area contributed by atoms with Crippen LogP contribution in [0.3, 0.4) is 0 Å². The van der Waals surface area contributed by atoms with Gasteiger partial charge < -0.3 is 11.1 Å². The normalized spacial score (nSPS) is 13.1. The van der Waals surface area contributed by atoms with E-state index in [0.717, 1.165) is 11.2 Å². The third-order valence-corrected chi connectivity index (χ3v) is 3.27. The zero-order chi connectivity index (χ0) is 14.9. The molecule has 0 radical (unpaired) electrons. The van der Waals surface area contributed by atoms with E-state index in [1.54, 1.807) is 16.9 Å². The van der Waals surface area contributed by atoms with Crippen molar-refractivity contribution in [3.8, 4) is 0 Å². The molecule has 0 aromatic carbocycles. The Bertz CT molecular complexity index is 617. The molecule has 0 bridgehead atoms. The number of anilines is 1. The molecule has 0 aliphatic rings. The summed E-state index contributed by atoms with van der Waals surface area (Å²) in [6, 6.07) is 1.53. The van der Waals surface area contributed by atoms with Crippen molar-refractivity contribution in [1.82, 2.24) is 14.6 Å². The van der Waals surface area contributed by atoms with Gasteiger partial charge in [-0.25, -0.2) is 9.50 Å². The number of primary amides is 1. The van der Waals surface area contributed by atoms with Crippen molar-refractivity contribution in [2.75, 3.05) is 5.32 Å². The average molecular weight is 275 g/mol. The van der Waals surface area contributed by atoms with Crippen LogP contribution in [0.4, 0.5) is 5.82 Å². The van der Waals surface area contributed by atoms with E-state index in [-0.39, 0.29) is 11.8 Å². The number of fused-ring (bicyclic) bond motifs is 1. The largest absolute Gasteiger partial charge is 0.368 e. The number of hydrogen-bond acceptors (Lipinski definition) is 4. The van der Waals surface area contributed by atoms with Gasteiger partial charge in [0, 0.05) is 12.4 Å². The van der Waals surface area contributed by atoms with Crippen LogP contribution in [-0.4, -0.2) is 26.5 Å². The molecular formula is C14H21N5O. The zero-order valence-electron chi connectivity index (χ0n) is 12.3. The molecule has 1 unspecified atom stereocenters. The lowest BCUT2D eigenvalue weighted by Crippen LogP contribution is -2.39. The second kappa shape index (κ2) is 5.48. The minimum Gasteiger partial charge on any atom is -0.368 e. The standard InChI is InChI=1S/C14H21N5O/c1-8(2)10-7-11-14(16-5-6-19(11)18-10)17-12(9(3)4)13(15)20/h5-9,12H,1-4H3,(H2,15,20)(H,16,17). The molecule has 2 aromatic rings. The molecule has 0 aliphatic heterocycles. The highest BCUT2D eigenvalue weighted by molar-refractivity contribution is 5.84. The SMILES string of the molecule is CC(C)c1cc2c(NC(C(N)=O)C(C)C)nccn2n1. The Morgan fingerprint density at radius 3 is 2.60 bits per heavy atom. The molecule has 2 rings (SSSR count). The summed E-state index contributed by atoms with van der Waals surface area (Å²) in [5.74, 6) is 0.665. The number of aromatic nitrogens is 3. The molecule has 0 saturated carbocycles. The number of amides is 1. The Balaban J connectivity index is 2.41. The molecule has 2 aromatic heterocycles. The van der Waals surface area contributed by atoms with Crippen molar-refractivity contribution in [2.24, 2.45) is 11.7 Å². The summed E-state index contributed by atoms with van der Waals surface area (Å²) in [6.45, 7) is 8.06. The van der Waals surface area contributed by atoms with Crippen LogP contribution in [0.2, 0.25) is 0 Å². The van der Waals surface area contributed by atoms with Crippen LogP contribution in [0.5, 0.6) is 0 Å². The highest BCUT2D eigenvalue weighted by atomic mass is 16.1. The highest BCUT2D eigenvalue weighted by Crippen LogP contribution is 2.21. The van der Waals surface area contributed by atoms with E-state index < -0.39 is 6.04 Å². The van der Waals surface area contributed by atoms with Crippen LogP contribution in [0.1, 0.15) is 39.3 Å². The minimum atomic E-state index is -0.453. The van der Waals surface area contributed by atoms with Gasteiger partial charge in [0.05, 0.1) is 5.69 Å². The molecular weight excluding hydrogens is 254 g/mol. The Morgan fingerprint density at radius 2 is 2.05 bits per heavy atom. The molecule has 6 heteroatoms. The molecule has 0 spiro atoms. The van der Waals surface area contributed by atoms with Gasteiger partial charge >= 0.3 is 0 Å². The smallest absolute Gasteiger partial charge is 0.240 e. The molecule has 20 heavy (non-hydrogen) atoms. The Hall–Kier alpha value is -2.11. The highest BCUT2D eigenvalue weighted by Gasteiger charge is 2.21. The van der Waals surface area contributed by atoms with Gasteiger partial charge in [-0.3, -0.25) is 4.79 Å². The quantitative estimate of drug-likeness (QED) is 0.871. The van der Waals surface area contributed by atoms with Crippen LogP contribution < -0.4 is 11.1 Å². The van der Waals surface area contributed by atoms with Crippen molar-refractivity contribution < 1.29 is 4.79 Å². The molecule has 108 valence electrons. The van der Waals surface area contributed by atoms with Crippen LogP contribution in [-0.2, 0) is 4.79 Å². The van der Waals surface area contributed by atoms with Crippen molar-refractivity contribution in [3.05, 3.63) is 24.2 Å². The Labute approximate surface area is 118 Å². The predicted octanol–water partition coefficient (Wildman–Crippen LogP) is 1.77. The third kappa shape index (κ3) is 2.74. The van der Waals surface area contributed by atoms with E-state index in [1.807, 2.05) is 19.9 Å². The van der Waals surface area contributed by atoms with E-state index in [0.29, 0.717) is 11.7 Å². The summed E-state index contributed by atoms with van der Waals surface area (Å²) in [7, 11) is 0. The first-order valence-corrected chi connectivity index (χ1v) is 6.80. The fraction of sp³-hybridized carbons (Fsp3) is 0.500. The minimum absolute atomic E-state index is 0.0852. The monoisotopic (exact) mass is 275 g/mol. The first kappa shape index (κ1) is 14.3. The predicted molar refractivity (Wildman–Crippen MR) is 78.5 cm³/mol.